The summed E-state index contributed by atoms with van der Waals surface area (Å²) in [4.78, 5) is 16.8. The molecule has 0 aliphatic carbocycles. The predicted octanol–water partition coefficient (Wildman–Crippen LogP) is 3.93. The van der Waals surface area contributed by atoms with Crippen molar-refractivity contribution in [3.63, 3.8) is 0 Å². The van der Waals surface area contributed by atoms with Crippen molar-refractivity contribution in [1.82, 2.24) is 39.7 Å². The fourth-order valence-corrected chi connectivity index (χ4v) is 6.26. The van der Waals surface area contributed by atoms with Gasteiger partial charge in [0.1, 0.15) is 6.33 Å². The van der Waals surface area contributed by atoms with Gasteiger partial charge in [-0.25, -0.2) is 19.6 Å². The summed E-state index contributed by atoms with van der Waals surface area (Å²) in [5.74, 6) is 3.27. The van der Waals surface area contributed by atoms with Crippen LogP contribution in [0.1, 0.15) is 39.2 Å². The molecule has 5 heterocycles. The van der Waals surface area contributed by atoms with Crippen LogP contribution in [0.25, 0.3) is 11.2 Å². The number of ether oxygens (including phenoxy) is 2. The molecule has 4 aromatic rings. The van der Waals surface area contributed by atoms with Crippen molar-refractivity contribution in [2.45, 2.75) is 55.7 Å². The Morgan fingerprint density at radius 3 is 2.73 bits per heavy atom. The number of piperidine rings is 1. The third-order valence-electron chi connectivity index (χ3n) is 6.78. The number of tetrazole rings is 1. The standard InChI is InChI=1S/C23H27BrN10O2S/c1-13(2)34-22(29-30-31-34)32-6-3-14(4-7-32)5-8-33-21-19(20(25)26-11-27-21)28-23(33)37-18-10-17-16(9-15(18)24)35-12-36-17/h9-11,13-14H,3-8,12H2,1-2H3,(H2,25,26,27). The lowest BCUT2D eigenvalue weighted by Gasteiger charge is -2.32. The lowest BCUT2D eigenvalue weighted by molar-refractivity contribution is 0.174. The number of fused-ring (bicyclic) bond motifs is 2. The number of benzene rings is 1. The van der Waals surface area contributed by atoms with Gasteiger partial charge in [-0.3, -0.25) is 0 Å². The van der Waals surface area contributed by atoms with Crippen LogP contribution in [0.4, 0.5) is 11.8 Å². The monoisotopic (exact) mass is 586 g/mol. The molecule has 2 aliphatic heterocycles. The van der Waals surface area contributed by atoms with E-state index in [1.54, 1.807) is 11.8 Å². The summed E-state index contributed by atoms with van der Waals surface area (Å²) in [7, 11) is 0. The summed E-state index contributed by atoms with van der Waals surface area (Å²) in [5.41, 5.74) is 7.54. The van der Waals surface area contributed by atoms with Crippen molar-refractivity contribution in [2.75, 3.05) is 30.5 Å². The Kier molecular flexibility index (Phi) is 6.53. The Labute approximate surface area is 226 Å². The lowest BCUT2D eigenvalue weighted by Crippen LogP contribution is -2.36. The molecule has 2 N–H and O–H groups in total. The first-order valence-corrected chi connectivity index (χ1v) is 13.9. The molecule has 6 rings (SSSR count). The third kappa shape index (κ3) is 4.67. The number of nitrogen functional groups attached to an aromatic ring is 1. The summed E-state index contributed by atoms with van der Waals surface area (Å²) in [6.45, 7) is 7.07. The Bertz CT molecular complexity index is 1430. The largest absolute Gasteiger partial charge is 0.454 e. The molecule has 0 bridgehead atoms. The van der Waals surface area contributed by atoms with Crippen LogP contribution in [0.5, 0.6) is 11.5 Å². The molecule has 0 amide bonds. The Hall–Kier alpha value is -3.13. The number of aromatic nitrogens is 8. The molecule has 0 spiro atoms. The minimum absolute atomic E-state index is 0.228. The Balaban J connectivity index is 1.19. The van der Waals surface area contributed by atoms with E-state index in [4.69, 9.17) is 20.2 Å². The highest BCUT2D eigenvalue weighted by atomic mass is 79.9. The van der Waals surface area contributed by atoms with Gasteiger partial charge in [0.05, 0.1) is 6.04 Å². The summed E-state index contributed by atoms with van der Waals surface area (Å²) in [6, 6.07) is 4.12. The zero-order valence-electron chi connectivity index (χ0n) is 20.5. The topological polar surface area (TPSA) is 135 Å². The number of aryl methyl sites for hydroxylation is 1. The normalized spacial score (nSPS) is 15.8. The molecule has 1 fully saturated rings. The molecule has 1 aromatic carbocycles. The van der Waals surface area contributed by atoms with Gasteiger partial charge in [-0.2, -0.15) is 0 Å². The second kappa shape index (κ2) is 9.97. The maximum Gasteiger partial charge on any atom is 0.245 e. The van der Waals surface area contributed by atoms with Gasteiger partial charge in [0.15, 0.2) is 33.6 Å². The smallest absolute Gasteiger partial charge is 0.245 e. The fraction of sp³-hybridized carbons (Fsp3) is 0.478. The molecule has 1 saturated heterocycles. The van der Waals surface area contributed by atoms with Crippen LogP contribution in [0.3, 0.4) is 0 Å². The number of halogens is 1. The first-order chi connectivity index (χ1) is 18.0. The van der Waals surface area contributed by atoms with Gasteiger partial charge >= 0.3 is 0 Å². The first kappa shape index (κ1) is 24.2. The van der Waals surface area contributed by atoms with Crippen molar-refractivity contribution < 1.29 is 9.47 Å². The van der Waals surface area contributed by atoms with Crippen molar-refractivity contribution in [3.8, 4) is 11.5 Å². The van der Waals surface area contributed by atoms with E-state index in [0.29, 0.717) is 17.3 Å². The van der Waals surface area contributed by atoms with Gasteiger partial charge < -0.3 is 24.7 Å². The van der Waals surface area contributed by atoms with Crippen molar-refractivity contribution in [1.29, 1.82) is 0 Å². The highest BCUT2D eigenvalue weighted by Crippen LogP contribution is 2.43. The molecule has 0 atom stereocenters. The molecule has 194 valence electrons. The van der Waals surface area contributed by atoms with E-state index in [-0.39, 0.29) is 12.8 Å². The molecule has 0 saturated carbocycles. The maximum absolute atomic E-state index is 6.16. The number of rotatable bonds is 7. The zero-order chi connectivity index (χ0) is 25.5. The number of nitrogens with two attached hydrogens (primary N) is 1. The number of nitrogens with zero attached hydrogens (tertiary/aromatic N) is 9. The van der Waals surface area contributed by atoms with Crippen LogP contribution < -0.4 is 20.1 Å². The number of hydrogen-bond donors (Lipinski definition) is 1. The third-order valence-corrected chi connectivity index (χ3v) is 8.75. The van der Waals surface area contributed by atoms with Gasteiger partial charge in [0.2, 0.25) is 12.7 Å². The van der Waals surface area contributed by atoms with Crippen LogP contribution >= 0.6 is 27.7 Å². The van der Waals surface area contributed by atoms with E-state index in [2.05, 4.69) is 64.7 Å². The summed E-state index contributed by atoms with van der Waals surface area (Å²) < 4.78 is 16.0. The minimum atomic E-state index is 0.228. The van der Waals surface area contributed by atoms with Crippen molar-refractivity contribution in [2.24, 2.45) is 5.92 Å². The molecule has 14 heteroatoms. The molecule has 3 aromatic heterocycles. The lowest BCUT2D eigenvalue weighted by atomic mass is 9.93. The zero-order valence-corrected chi connectivity index (χ0v) is 22.9. The molecular formula is C23H27BrN10O2S. The number of imidazole rings is 1. The average Bonchev–Trinajstić information content (AvgIpc) is 3.63. The Morgan fingerprint density at radius 1 is 1.16 bits per heavy atom. The van der Waals surface area contributed by atoms with Gasteiger partial charge in [-0.1, -0.05) is 16.9 Å². The summed E-state index contributed by atoms with van der Waals surface area (Å²) >= 11 is 5.20. The maximum atomic E-state index is 6.16. The van der Waals surface area contributed by atoms with E-state index < -0.39 is 0 Å². The first-order valence-electron chi connectivity index (χ1n) is 12.2. The number of anilines is 2. The van der Waals surface area contributed by atoms with Gasteiger partial charge in [-0.05, 0) is 77.5 Å². The van der Waals surface area contributed by atoms with E-state index in [1.165, 1.54) is 6.33 Å². The quantitative estimate of drug-likeness (QED) is 0.337. The van der Waals surface area contributed by atoms with E-state index in [9.17, 15) is 0 Å². The second-order valence-corrected chi connectivity index (χ2v) is 11.3. The van der Waals surface area contributed by atoms with E-state index >= 15 is 0 Å². The van der Waals surface area contributed by atoms with Crippen molar-refractivity contribution in [3.05, 3.63) is 22.9 Å². The summed E-state index contributed by atoms with van der Waals surface area (Å²) in [6.07, 6.45) is 4.65. The van der Waals surface area contributed by atoms with Crippen LogP contribution in [0, 0.1) is 5.92 Å². The molecule has 2 aliphatic rings. The molecule has 0 radical (unpaired) electrons. The highest BCUT2D eigenvalue weighted by Gasteiger charge is 2.25. The average molecular weight is 588 g/mol. The van der Waals surface area contributed by atoms with Crippen LogP contribution in [-0.4, -0.2) is 59.6 Å². The SMILES string of the molecule is CC(C)n1nnnc1N1CCC(CCn2c(Sc3cc4c(cc3Br)OCO4)nc3c(N)ncnc32)CC1. The predicted molar refractivity (Wildman–Crippen MR) is 142 cm³/mol. The van der Waals surface area contributed by atoms with Crippen LogP contribution in [0.15, 0.2) is 33.0 Å². The Morgan fingerprint density at radius 2 is 1.95 bits per heavy atom. The van der Waals surface area contributed by atoms with Crippen LogP contribution in [-0.2, 0) is 6.54 Å². The number of hydrogen-bond acceptors (Lipinski definition) is 11. The minimum Gasteiger partial charge on any atom is -0.454 e. The molecule has 12 nitrogen and oxygen atoms in total. The molecule has 37 heavy (non-hydrogen) atoms. The van der Waals surface area contributed by atoms with Gasteiger partial charge in [-0.15, -0.1) is 0 Å². The second-order valence-electron chi connectivity index (χ2n) is 9.45. The highest BCUT2D eigenvalue weighted by molar-refractivity contribution is 9.10. The fourth-order valence-electron chi connectivity index (χ4n) is 4.75. The van der Waals surface area contributed by atoms with Gasteiger partial charge in [0.25, 0.3) is 0 Å². The molecule has 0 unspecified atom stereocenters. The van der Waals surface area contributed by atoms with Crippen LogP contribution in [0.2, 0.25) is 0 Å². The van der Waals surface area contributed by atoms with E-state index in [0.717, 1.165) is 76.5 Å². The van der Waals surface area contributed by atoms with Crippen molar-refractivity contribution >= 4 is 50.6 Å². The van der Waals surface area contributed by atoms with E-state index in [1.807, 2.05) is 16.8 Å². The van der Waals surface area contributed by atoms with Gasteiger partial charge in [0, 0.05) is 29.0 Å². The summed E-state index contributed by atoms with van der Waals surface area (Å²) in [5, 5.41) is 13.1. The molecular weight excluding hydrogens is 560 g/mol.